The fourth-order valence-electron chi connectivity index (χ4n) is 0. The molecule has 0 aliphatic carbocycles. The van der Waals surface area contributed by atoms with E-state index in [4.69, 9.17) is 0 Å². The van der Waals surface area contributed by atoms with Crippen LogP contribution < -0.4 is 9.79 Å². The van der Waals surface area contributed by atoms with Crippen LogP contribution in [0.5, 0.6) is 0 Å². The van der Waals surface area contributed by atoms with Gasteiger partial charge in [0.1, 0.15) is 0 Å². The Balaban J connectivity index is 3.94. The normalized spacial score (nSPS) is 10.2. The third kappa shape index (κ3) is 3.71. The Hall–Kier alpha value is -0.290. The van der Waals surface area contributed by atoms with E-state index in [1.165, 1.54) is 0 Å². The molecule has 0 heterocycles. The Morgan fingerprint density at radius 3 is 1.83 bits per heavy atom. The monoisotopic (exact) mass is 104 g/mol. The summed E-state index contributed by atoms with van der Waals surface area (Å²) in [6.45, 7) is 0. The van der Waals surface area contributed by atoms with Crippen LogP contribution in [0.1, 0.15) is 0 Å². The summed E-state index contributed by atoms with van der Waals surface area (Å²) in [6, 6.07) is 0. The summed E-state index contributed by atoms with van der Waals surface area (Å²) < 4.78 is 9.24. The highest BCUT2D eigenvalue weighted by Crippen LogP contribution is 2.17. The molecule has 0 bridgehead atoms. The molecular formula is C2HO3P-2. The molecule has 0 fully saturated rings. The number of rotatable bonds is 0. The van der Waals surface area contributed by atoms with Crippen LogP contribution in [0.15, 0.2) is 0 Å². The van der Waals surface area contributed by atoms with E-state index < -0.39 is 7.60 Å². The van der Waals surface area contributed by atoms with Gasteiger partial charge in [-0.05, 0) is 0 Å². The topological polar surface area (TPSA) is 63.2 Å². The van der Waals surface area contributed by atoms with Gasteiger partial charge in [0.2, 0.25) is 0 Å². The maximum absolute atomic E-state index is 9.24. The van der Waals surface area contributed by atoms with Crippen LogP contribution in [0.2, 0.25) is 0 Å². The van der Waals surface area contributed by atoms with Gasteiger partial charge in [0.25, 0.3) is 0 Å². The van der Waals surface area contributed by atoms with Crippen LogP contribution in [0, 0.1) is 12.1 Å². The Morgan fingerprint density at radius 2 is 1.83 bits per heavy atom. The number of hydrogen-bond acceptors (Lipinski definition) is 3. The predicted molar refractivity (Wildman–Crippen MR) is 16.4 cm³/mol. The highest BCUT2D eigenvalue weighted by Gasteiger charge is 1.69. The van der Waals surface area contributed by atoms with Gasteiger partial charge in [-0.3, -0.25) is 0 Å². The van der Waals surface area contributed by atoms with Crippen LogP contribution in [-0.4, -0.2) is 0 Å². The van der Waals surface area contributed by atoms with E-state index in [1.807, 2.05) is 0 Å². The van der Waals surface area contributed by atoms with E-state index in [1.54, 1.807) is 0 Å². The first-order valence-electron chi connectivity index (χ1n) is 1.06. The lowest BCUT2D eigenvalue weighted by molar-refractivity contribution is -0.307. The second-order valence-corrected chi connectivity index (χ2v) is 1.88. The van der Waals surface area contributed by atoms with Gasteiger partial charge in [-0.2, -0.15) is 0 Å². The predicted octanol–water partition coefficient (Wildman–Crippen LogP) is -1.51. The van der Waals surface area contributed by atoms with Crippen molar-refractivity contribution < 1.29 is 14.4 Å². The van der Waals surface area contributed by atoms with Crippen molar-refractivity contribution in [2.75, 3.05) is 0 Å². The molecule has 0 saturated heterocycles. The van der Waals surface area contributed by atoms with Crippen molar-refractivity contribution in [2.45, 2.75) is 0 Å². The van der Waals surface area contributed by atoms with Gasteiger partial charge in [0.05, 0.1) is 0 Å². The first-order chi connectivity index (χ1) is 2.56. The highest BCUT2D eigenvalue weighted by atomic mass is 31.2. The molecule has 4 heteroatoms. The lowest BCUT2D eigenvalue weighted by Gasteiger charge is -2.20. The highest BCUT2D eigenvalue weighted by molar-refractivity contribution is 7.54. The summed E-state index contributed by atoms with van der Waals surface area (Å²) in [4.78, 5) is 18.5. The molecule has 34 valence electrons. The van der Waals surface area contributed by atoms with Gasteiger partial charge >= 0.3 is 0 Å². The number of hydrogen-bond donors (Lipinski definition) is 0. The minimum atomic E-state index is -4.62. The molecule has 3 nitrogen and oxygen atoms in total. The summed E-state index contributed by atoms with van der Waals surface area (Å²) in [5, 5.41) is 0. The lowest BCUT2D eigenvalue weighted by atomic mass is 11.4. The zero-order chi connectivity index (χ0) is 5.21. The van der Waals surface area contributed by atoms with E-state index in [0.29, 0.717) is 0 Å². The van der Waals surface area contributed by atoms with Gasteiger partial charge in [-0.1, -0.05) is 5.66 Å². The molecule has 0 aliphatic rings. The van der Waals surface area contributed by atoms with Crippen LogP contribution >= 0.6 is 7.60 Å². The average molecular weight is 104 g/mol. The molecule has 0 unspecified atom stereocenters. The summed E-state index contributed by atoms with van der Waals surface area (Å²) in [7, 11) is -4.62. The minimum absolute atomic E-state index is 1.05. The van der Waals surface area contributed by atoms with Gasteiger partial charge in [-0.25, -0.2) is 0 Å². The van der Waals surface area contributed by atoms with Crippen molar-refractivity contribution in [2.24, 2.45) is 0 Å². The van der Waals surface area contributed by atoms with Crippen molar-refractivity contribution >= 4 is 7.60 Å². The molecule has 0 aromatic rings. The van der Waals surface area contributed by atoms with Gasteiger partial charge in [0.15, 0.2) is 0 Å². The summed E-state index contributed by atoms with van der Waals surface area (Å²) in [5.41, 5.74) is 1.05. The van der Waals surface area contributed by atoms with Crippen LogP contribution in [0.25, 0.3) is 0 Å². The Bertz CT molecular complexity index is 115. The standard InChI is InChI=1S/C2H3O3P/c1-2-6(3,4)5/h1H,(H2,3,4,5)/p-2. The van der Waals surface area contributed by atoms with Crippen LogP contribution in [0.4, 0.5) is 0 Å². The smallest absolute Gasteiger partial charge is 0.00720 e. The second kappa shape index (κ2) is 1.44. The van der Waals surface area contributed by atoms with Crippen molar-refractivity contribution in [3.8, 4) is 12.1 Å². The maximum atomic E-state index is 9.24. The molecule has 0 N–H and O–H groups in total. The van der Waals surface area contributed by atoms with Crippen molar-refractivity contribution in [3.63, 3.8) is 0 Å². The third-order valence-corrected chi connectivity index (χ3v) is 0.474. The van der Waals surface area contributed by atoms with Gasteiger partial charge < -0.3 is 14.4 Å². The van der Waals surface area contributed by atoms with Crippen molar-refractivity contribution in [1.82, 2.24) is 0 Å². The lowest BCUT2D eigenvalue weighted by Crippen LogP contribution is -2.10. The minimum Gasteiger partial charge on any atom is -0.801 e. The molecule has 0 atom stereocenters. The first-order valence-corrected chi connectivity index (χ1v) is 2.60. The molecule has 0 spiro atoms. The Morgan fingerprint density at radius 1 is 1.67 bits per heavy atom. The van der Waals surface area contributed by atoms with Crippen molar-refractivity contribution in [1.29, 1.82) is 0 Å². The van der Waals surface area contributed by atoms with Crippen LogP contribution in [-0.2, 0) is 4.57 Å². The second-order valence-electron chi connectivity index (χ2n) is 0.627. The van der Waals surface area contributed by atoms with E-state index in [-0.39, 0.29) is 0 Å². The zero-order valence-corrected chi connectivity index (χ0v) is 3.64. The molecule has 0 aromatic carbocycles. The largest absolute Gasteiger partial charge is 0.801 e. The summed E-state index contributed by atoms with van der Waals surface area (Å²) in [5.74, 6) is 0. The molecule has 0 aliphatic heterocycles. The quantitative estimate of drug-likeness (QED) is 0.277. The first kappa shape index (κ1) is 5.71. The zero-order valence-electron chi connectivity index (χ0n) is 2.75. The number of terminal acetylenes is 1. The van der Waals surface area contributed by atoms with Crippen molar-refractivity contribution in [3.05, 3.63) is 0 Å². The van der Waals surface area contributed by atoms with E-state index in [2.05, 4.69) is 6.42 Å². The fraction of sp³-hybridized carbons (Fsp3) is 0. The van der Waals surface area contributed by atoms with E-state index in [9.17, 15) is 14.4 Å². The molecule has 6 heavy (non-hydrogen) atoms. The molecule has 0 saturated carbocycles. The third-order valence-electron chi connectivity index (χ3n) is 0.158. The van der Waals surface area contributed by atoms with Gasteiger partial charge in [-0.15, -0.1) is 6.42 Å². The molecule has 0 rings (SSSR count). The molecule has 0 aromatic heterocycles. The Labute approximate surface area is 35.2 Å². The summed E-state index contributed by atoms with van der Waals surface area (Å²) in [6.07, 6.45) is 4.17. The Kier molecular flexibility index (Phi) is 1.37. The van der Waals surface area contributed by atoms with Gasteiger partial charge in [0, 0.05) is 7.60 Å². The molecular weight excluding hydrogens is 103 g/mol. The van der Waals surface area contributed by atoms with Crippen LogP contribution in [0.3, 0.4) is 0 Å². The summed E-state index contributed by atoms with van der Waals surface area (Å²) >= 11 is 0. The van der Waals surface area contributed by atoms with E-state index in [0.717, 1.165) is 5.66 Å². The SMILES string of the molecule is C#CP(=O)([O-])[O-]. The fourth-order valence-corrected chi connectivity index (χ4v) is 0. The average Bonchev–Trinajstić information content (AvgIpc) is 1.35. The molecule has 0 amide bonds. The van der Waals surface area contributed by atoms with E-state index >= 15 is 0 Å². The maximum Gasteiger partial charge on any atom is 0.00720 e. The molecule has 0 radical (unpaired) electrons.